The van der Waals surface area contributed by atoms with E-state index in [-0.39, 0.29) is 38.2 Å². The van der Waals surface area contributed by atoms with Crippen molar-refractivity contribution in [3.8, 4) is 17.2 Å². The van der Waals surface area contributed by atoms with Crippen molar-refractivity contribution in [3.05, 3.63) is 48.5 Å². The van der Waals surface area contributed by atoms with Crippen LogP contribution in [0.15, 0.2) is 48.5 Å². The van der Waals surface area contributed by atoms with Gasteiger partial charge in [-0.3, -0.25) is 9.59 Å². The van der Waals surface area contributed by atoms with Crippen LogP contribution < -0.4 is 24.8 Å². The molecule has 7 heteroatoms. The van der Waals surface area contributed by atoms with E-state index >= 15 is 0 Å². The first kappa shape index (κ1) is 16.6. The molecule has 25 heavy (non-hydrogen) atoms. The minimum Gasteiger partial charge on any atom is -0.493 e. The first-order valence-corrected chi connectivity index (χ1v) is 7.85. The van der Waals surface area contributed by atoms with Crippen molar-refractivity contribution >= 4 is 17.5 Å². The Hall–Kier alpha value is -3.22. The van der Waals surface area contributed by atoms with E-state index in [0.29, 0.717) is 22.9 Å². The zero-order chi connectivity index (χ0) is 17.5. The highest BCUT2D eigenvalue weighted by Crippen LogP contribution is 2.34. The van der Waals surface area contributed by atoms with Crippen LogP contribution in [0.4, 0.5) is 5.69 Å². The van der Waals surface area contributed by atoms with E-state index in [0.717, 1.165) is 0 Å². The molecule has 2 amide bonds. The van der Waals surface area contributed by atoms with E-state index in [4.69, 9.17) is 14.2 Å². The molecule has 0 unspecified atom stereocenters. The molecule has 1 aliphatic rings. The second kappa shape index (κ2) is 8.05. The van der Waals surface area contributed by atoms with Gasteiger partial charge in [0.25, 0.3) is 0 Å². The maximum Gasteiger partial charge on any atom is 0.243 e. The lowest BCUT2D eigenvalue weighted by molar-refractivity contribution is -0.124. The first-order chi connectivity index (χ1) is 12.2. The van der Waals surface area contributed by atoms with Gasteiger partial charge in [0, 0.05) is 11.8 Å². The average Bonchev–Trinajstić information content (AvgIpc) is 3.09. The summed E-state index contributed by atoms with van der Waals surface area (Å²) in [5.74, 6) is 1.36. The molecule has 0 saturated carbocycles. The Kier molecular flexibility index (Phi) is 5.36. The predicted octanol–water partition coefficient (Wildman–Crippen LogP) is 1.94. The summed E-state index contributed by atoms with van der Waals surface area (Å²) in [4.78, 5) is 23.6. The van der Waals surface area contributed by atoms with Crippen molar-refractivity contribution in [2.75, 3.05) is 25.3 Å². The van der Waals surface area contributed by atoms with Gasteiger partial charge in [-0.2, -0.15) is 0 Å². The molecular formula is C18H18N2O5. The van der Waals surface area contributed by atoms with E-state index in [1.807, 2.05) is 30.3 Å². The molecule has 0 fully saturated rings. The molecule has 2 aromatic rings. The highest BCUT2D eigenvalue weighted by Gasteiger charge is 2.14. The Balaban J connectivity index is 1.36. The van der Waals surface area contributed by atoms with E-state index in [1.54, 1.807) is 18.2 Å². The number of benzene rings is 2. The number of carbonyl (C=O) groups excluding carboxylic acids is 2. The molecule has 7 nitrogen and oxygen atoms in total. The maximum atomic E-state index is 11.9. The highest BCUT2D eigenvalue weighted by molar-refractivity contribution is 5.94. The van der Waals surface area contributed by atoms with E-state index in [1.165, 1.54) is 0 Å². The van der Waals surface area contributed by atoms with Gasteiger partial charge < -0.3 is 24.8 Å². The van der Waals surface area contributed by atoms with E-state index in [2.05, 4.69) is 10.6 Å². The Morgan fingerprint density at radius 3 is 2.64 bits per heavy atom. The summed E-state index contributed by atoms with van der Waals surface area (Å²) in [5, 5.41) is 5.24. The monoisotopic (exact) mass is 342 g/mol. The highest BCUT2D eigenvalue weighted by atomic mass is 16.7. The number of rotatable bonds is 7. The normalized spacial score (nSPS) is 11.7. The molecule has 0 saturated heterocycles. The van der Waals surface area contributed by atoms with Crippen LogP contribution in [0.2, 0.25) is 0 Å². The largest absolute Gasteiger partial charge is 0.493 e. The molecule has 1 heterocycles. The van der Waals surface area contributed by atoms with Gasteiger partial charge in [-0.1, -0.05) is 18.2 Å². The van der Waals surface area contributed by atoms with E-state index in [9.17, 15) is 9.59 Å². The van der Waals surface area contributed by atoms with Crippen LogP contribution in [-0.4, -0.2) is 31.8 Å². The van der Waals surface area contributed by atoms with Crippen LogP contribution >= 0.6 is 0 Å². The van der Waals surface area contributed by atoms with Gasteiger partial charge in [-0.05, 0) is 24.3 Å². The van der Waals surface area contributed by atoms with Crippen molar-refractivity contribution < 1.29 is 23.8 Å². The lowest BCUT2D eigenvalue weighted by Crippen LogP contribution is -2.33. The van der Waals surface area contributed by atoms with Crippen LogP contribution in [-0.2, 0) is 9.59 Å². The second-order valence-electron chi connectivity index (χ2n) is 5.30. The summed E-state index contributed by atoms with van der Waals surface area (Å²) >= 11 is 0. The van der Waals surface area contributed by atoms with Crippen molar-refractivity contribution in [1.82, 2.24) is 5.32 Å². The third kappa shape index (κ3) is 4.87. The van der Waals surface area contributed by atoms with Crippen molar-refractivity contribution in [2.45, 2.75) is 6.42 Å². The number of hydrogen-bond donors (Lipinski definition) is 2. The zero-order valence-electron chi connectivity index (χ0n) is 13.5. The number of anilines is 1. The van der Waals surface area contributed by atoms with Gasteiger partial charge in [0.15, 0.2) is 11.5 Å². The lowest BCUT2D eigenvalue weighted by atomic mass is 10.3. The third-order valence-electron chi connectivity index (χ3n) is 3.44. The average molecular weight is 342 g/mol. The van der Waals surface area contributed by atoms with Crippen LogP contribution in [0.5, 0.6) is 17.2 Å². The fraction of sp³-hybridized carbons (Fsp3) is 0.222. The summed E-state index contributed by atoms with van der Waals surface area (Å²) in [6.45, 7) is 0.312. The number of amides is 2. The summed E-state index contributed by atoms with van der Waals surface area (Å²) in [5.41, 5.74) is 0.580. The summed E-state index contributed by atoms with van der Waals surface area (Å²) in [6.07, 6.45) is 0.173. The number of hydrogen-bond acceptors (Lipinski definition) is 5. The van der Waals surface area contributed by atoms with Gasteiger partial charge in [0.2, 0.25) is 18.6 Å². The molecule has 2 N–H and O–H groups in total. The standard InChI is InChI=1S/C18H18N2O5/c21-17(8-9-23-14-4-2-1-3-5-14)19-11-18(22)20-13-6-7-15-16(10-13)25-12-24-15/h1-7,10H,8-9,11-12H2,(H,19,21)(H,20,22). The van der Waals surface area contributed by atoms with Gasteiger partial charge in [-0.25, -0.2) is 0 Å². The quantitative estimate of drug-likeness (QED) is 0.803. The summed E-state index contributed by atoms with van der Waals surface area (Å²) in [6, 6.07) is 14.3. The second-order valence-corrected chi connectivity index (χ2v) is 5.30. The molecule has 0 aromatic heterocycles. The Labute approximate surface area is 144 Å². The molecule has 0 spiro atoms. The Morgan fingerprint density at radius 1 is 1.00 bits per heavy atom. The summed E-state index contributed by atoms with van der Waals surface area (Å²) in [7, 11) is 0. The molecule has 0 radical (unpaired) electrons. The number of carbonyl (C=O) groups is 2. The molecule has 3 rings (SSSR count). The molecule has 0 bridgehead atoms. The predicted molar refractivity (Wildman–Crippen MR) is 90.8 cm³/mol. The van der Waals surface area contributed by atoms with Gasteiger partial charge in [0.1, 0.15) is 5.75 Å². The Morgan fingerprint density at radius 2 is 1.80 bits per heavy atom. The van der Waals surface area contributed by atoms with Gasteiger partial charge in [0.05, 0.1) is 19.6 Å². The van der Waals surface area contributed by atoms with Crippen LogP contribution in [0.1, 0.15) is 6.42 Å². The lowest BCUT2D eigenvalue weighted by Gasteiger charge is -2.08. The molecule has 2 aromatic carbocycles. The topological polar surface area (TPSA) is 85.9 Å². The van der Waals surface area contributed by atoms with Crippen molar-refractivity contribution in [3.63, 3.8) is 0 Å². The third-order valence-corrected chi connectivity index (χ3v) is 3.44. The molecule has 0 atom stereocenters. The number of nitrogens with one attached hydrogen (secondary N) is 2. The number of ether oxygens (including phenoxy) is 3. The fourth-order valence-electron chi connectivity index (χ4n) is 2.23. The molecular weight excluding hydrogens is 324 g/mol. The minimum absolute atomic E-state index is 0.112. The number of fused-ring (bicyclic) bond motifs is 1. The van der Waals surface area contributed by atoms with Crippen LogP contribution in [0.25, 0.3) is 0 Å². The maximum absolute atomic E-state index is 11.9. The molecule has 0 aliphatic carbocycles. The minimum atomic E-state index is -0.323. The SMILES string of the molecule is O=C(CCOc1ccccc1)NCC(=O)Nc1ccc2c(c1)OCO2. The van der Waals surface area contributed by atoms with Gasteiger partial charge in [-0.15, -0.1) is 0 Å². The molecule has 130 valence electrons. The van der Waals surface area contributed by atoms with E-state index < -0.39 is 0 Å². The van der Waals surface area contributed by atoms with Crippen LogP contribution in [0, 0.1) is 0 Å². The smallest absolute Gasteiger partial charge is 0.243 e. The van der Waals surface area contributed by atoms with Crippen molar-refractivity contribution in [2.24, 2.45) is 0 Å². The molecule has 1 aliphatic heterocycles. The zero-order valence-corrected chi connectivity index (χ0v) is 13.5. The first-order valence-electron chi connectivity index (χ1n) is 7.85. The Bertz CT molecular complexity index is 748. The van der Waals surface area contributed by atoms with Gasteiger partial charge >= 0.3 is 0 Å². The van der Waals surface area contributed by atoms with Crippen molar-refractivity contribution in [1.29, 1.82) is 0 Å². The summed E-state index contributed by atoms with van der Waals surface area (Å²) < 4.78 is 15.9. The van der Waals surface area contributed by atoms with Crippen LogP contribution in [0.3, 0.4) is 0 Å². The number of para-hydroxylation sites is 1. The fourth-order valence-corrected chi connectivity index (χ4v) is 2.23.